The molecule has 32 heavy (non-hydrogen) atoms. The fraction of sp³-hybridized carbons (Fsp3) is 0.160. The number of hydrogen-bond acceptors (Lipinski definition) is 6. The van der Waals surface area contributed by atoms with Gasteiger partial charge in [-0.15, -0.1) is 0 Å². The summed E-state index contributed by atoms with van der Waals surface area (Å²) < 4.78 is 5.23. The second-order valence-corrected chi connectivity index (χ2v) is 6.98. The van der Waals surface area contributed by atoms with E-state index in [4.69, 9.17) is 4.74 Å². The lowest BCUT2D eigenvalue weighted by Crippen LogP contribution is -2.18. The highest BCUT2D eigenvalue weighted by Gasteiger charge is 2.16. The fourth-order valence-corrected chi connectivity index (χ4v) is 3.06. The molecule has 0 aromatic heterocycles. The minimum absolute atomic E-state index is 0.135. The number of phenols is 1. The monoisotopic (exact) mass is 429 g/mol. The van der Waals surface area contributed by atoms with Crippen molar-refractivity contribution in [1.29, 1.82) is 5.26 Å². The summed E-state index contributed by atoms with van der Waals surface area (Å²) in [7, 11) is 0. The number of hydrogen-bond donors (Lipinski definition) is 3. The van der Waals surface area contributed by atoms with E-state index in [9.17, 15) is 20.0 Å². The first-order valence-corrected chi connectivity index (χ1v) is 10.2. The van der Waals surface area contributed by atoms with Gasteiger partial charge >= 0.3 is 5.97 Å². The van der Waals surface area contributed by atoms with Gasteiger partial charge in [-0.1, -0.05) is 49.7 Å². The van der Waals surface area contributed by atoms with Gasteiger partial charge in [0.1, 0.15) is 17.4 Å². The third kappa shape index (κ3) is 5.24. The number of esters is 1. The third-order valence-electron chi connectivity index (χ3n) is 4.76. The van der Waals surface area contributed by atoms with E-state index in [2.05, 4.69) is 10.6 Å². The maximum Gasteiger partial charge on any atom is 0.340 e. The summed E-state index contributed by atoms with van der Waals surface area (Å²) in [5.41, 5.74) is 0.914. The number of para-hydroxylation sites is 1. The van der Waals surface area contributed by atoms with Crippen LogP contribution in [0.4, 0.5) is 11.4 Å². The molecule has 3 rings (SSSR count). The van der Waals surface area contributed by atoms with Crippen molar-refractivity contribution in [1.82, 2.24) is 0 Å². The molecule has 0 aliphatic carbocycles. The number of nitriles is 1. The Morgan fingerprint density at radius 1 is 1.03 bits per heavy atom. The largest absolute Gasteiger partial charge is 0.507 e. The number of benzene rings is 3. The predicted molar refractivity (Wildman–Crippen MR) is 123 cm³/mol. The Morgan fingerprint density at radius 2 is 1.75 bits per heavy atom. The normalized spacial score (nSPS) is 10.9. The zero-order valence-electron chi connectivity index (χ0n) is 17.6. The Bertz CT molecular complexity index is 1210. The smallest absolute Gasteiger partial charge is 0.340 e. The topological polar surface area (TPSA) is 111 Å². The van der Waals surface area contributed by atoms with Gasteiger partial charge in [-0.2, -0.15) is 5.26 Å². The van der Waals surface area contributed by atoms with Crippen molar-refractivity contribution >= 4 is 34.0 Å². The highest BCUT2D eigenvalue weighted by atomic mass is 16.5. The molecule has 0 atom stereocenters. The number of fused-ring (bicyclic) bond motifs is 1. The Balaban J connectivity index is 1.78. The van der Waals surface area contributed by atoms with Crippen LogP contribution in [0.1, 0.15) is 30.1 Å². The molecule has 0 saturated heterocycles. The van der Waals surface area contributed by atoms with Gasteiger partial charge in [0.25, 0.3) is 5.91 Å². The second-order valence-electron chi connectivity index (χ2n) is 6.98. The minimum Gasteiger partial charge on any atom is -0.507 e. The van der Waals surface area contributed by atoms with E-state index in [1.807, 2.05) is 19.1 Å². The van der Waals surface area contributed by atoms with Crippen molar-refractivity contribution in [3.8, 4) is 11.8 Å². The van der Waals surface area contributed by atoms with Crippen LogP contribution in [0.3, 0.4) is 0 Å². The number of amides is 1. The molecule has 0 unspecified atom stereocenters. The van der Waals surface area contributed by atoms with Crippen LogP contribution in [0, 0.1) is 11.3 Å². The molecule has 7 nitrogen and oxygen atoms in total. The van der Waals surface area contributed by atoms with Crippen LogP contribution in [0.5, 0.6) is 5.75 Å². The van der Waals surface area contributed by atoms with E-state index in [1.54, 1.807) is 54.6 Å². The van der Waals surface area contributed by atoms with Gasteiger partial charge in [-0.05, 0) is 30.7 Å². The van der Waals surface area contributed by atoms with Crippen LogP contribution in [0.25, 0.3) is 10.8 Å². The van der Waals surface area contributed by atoms with Gasteiger partial charge < -0.3 is 20.5 Å². The molecule has 3 aromatic carbocycles. The second kappa shape index (κ2) is 10.6. The summed E-state index contributed by atoms with van der Waals surface area (Å²) in [4.78, 5) is 25.0. The van der Waals surface area contributed by atoms with Gasteiger partial charge in [-0.3, -0.25) is 4.79 Å². The fourth-order valence-electron chi connectivity index (χ4n) is 3.06. The van der Waals surface area contributed by atoms with Crippen LogP contribution in [0.15, 0.2) is 72.4 Å². The molecule has 7 heteroatoms. The van der Waals surface area contributed by atoms with Crippen molar-refractivity contribution in [3.63, 3.8) is 0 Å². The number of nitrogens with one attached hydrogen (secondary N) is 2. The van der Waals surface area contributed by atoms with Gasteiger partial charge in [-0.25, -0.2) is 4.79 Å². The third-order valence-corrected chi connectivity index (χ3v) is 4.76. The van der Waals surface area contributed by atoms with Crippen molar-refractivity contribution in [2.45, 2.75) is 19.8 Å². The number of phenolic OH excluding ortho intramolecular Hbond substituents is 1. The molecular formula is C25H23N3O4. The number of ether oxygens (including phenoxy) is 1. The number of carbonyl (C=O) groups is 2. The summed E-state index contributed by atoms with van der Waals surface area (Å²) in [6, 6.07) is 18.7. The molecule has 1 amide bonds. The lowest BCUT2D eigenvalue weighted by Gasteiger charge is -2.11. The van der Waals surface area contributed by atoms with Crippen LogP contribution in [-0.2, 0) is 9.53 Å². The number of carbonyl (C=O) groups excluding carboxylic acids is 2. The van der Waals surface area contributed by atoms with Crippen molar-refractivity contribution in [2.24, 2.45) is 0 Å². The quantitative estimate of drug-likeness (QED) is 0.202. The van der Waals surface area contributed by atoms with E-state index in [-0.39, 0.29) is 22.6 Å². The molecule has 3 aromatic rings. The van der Waals surface area contributed by atoms with E-state index >= 15 is 0 Å². The number of nitrogens with zero attached hydrogens (tertiary/aromatic N) is 1. The first-order valence-electron chi connectivity index (χ1n) is 10.2. The summed E-state index contributed by atoms with van der Waals surface area (Å²) >= 11 is 0. The number of rotatable bonds is 8. The van der Waals surface area contributed by atoms with Crippen LogP contribution in [0.2, 0.25) is 0 Å². The molecule has 0 saturated carbocycles. The molecule has 3 N–H and O–H groups in total. The zero-order chi connectivity index (χ0) is 22.9. The Morgan fingerprint density at radius 3 is 2.53 bits per heavy atom. The average molecular weight is 429 g/mol. The van der Waals surface area contributed by atoms with E-state index in [0.29, 0.717) is 17.7 Å². The van der Waals surface area contributed by atoms with Gasteiger partial charge in [0.2, 0.25) is 0 Å². The lowest BCUT2D eigenvalue weighted by atomic mass is 10.1. The standard InChI is InChI=1S/C25H23N3O4/c1-2-3-14-32-25(31)20-8-4-5-11-22(20)28-24(30)17(15-26)16-27-21-12-6-10-19-18(21)9-7-13-23(19)29/h4-13,16,27,29H,2-3,14H2,1H3,(H,28,30)/b17-16-. The molecule has 162 valence electrons. The lowest BCUT2D eigenvalue weighted by molar-refractivity contribution is -0.112. The minimum atomic E-state index is -0.670. The molecule has 0 aliphatic heterocycles. The molecular weight excluding hydrogens is 406 g/mol. The summed E-state index contributed by atoms with van der Waals surface area (Å²) in [5.74, 6) is -1.07. The van der Waals surface area contributed by atoms with Crippen LogP contribution < -0.4 is 10.6 Å². The maximum absolute atomic E-state index is 12.7. The summed E-state index contributed by atoms with van der Waals surface area (Å²) in [6.07, 6.45) is 2.93. The predicted octanol–water partition coefficient (Wildman–Crippen LogP) is 4.96. The van der Waals surface area contributed by atoms with Crippen molar-refractivity contribution in [2.75, 3.05) is 17.2 Å². The molecule has 0 heterocycles. The van der Waals surface area contributed by atoms with Gasteiger partial charge in [0, 0.05) is 22.7 Å². The zero-order valence-corrected chi connectivity index (χ0v) is 17.6. The highest BCUT2D eigenvalue weighted by Crippen LogP contribution is 2.30. The Kier molecular flexibility index (Phi) is 7.44. The summed E-state index contributed by atoms with van der Waals surface area (Å²) in [5, 5.41) is 26.4. The van der Waals surface area contributed by atoms with Gasteiger partial charge in [0.15, 0.2) is 0 Å². The van der Waals surface area contributed by atoms with Gasteiger partial charge in [0.05, 0.1) is 17.9 Å². The highest BCUT2D eigenvalue weighted by molar-refractivity contribution is 6.10. The van der Waals surface area contributed by atoms with Crippen molar-refractivity contribution < 1.29 is 19.4 Å². The van der Waals surface area contributed by atoms with Crippen LogP contribution in [-0.4, -0.2) is 23.6 Å². The number of anilines is 2. The van der Waals surface area contributed by atoms with Crippen LogP contribution >= 0.6 is 0 Å². The first-order chi connectivity index (χ1) is 15.5. The molecule has 0 fully saturated rings. The molecule has 0 radical (unpaired) electrons. The Hall–Kier alpha value is -4.31. The van der Waals surface area contributed by atoms with E-state index in [0.717, 1.165) is 18.2 Å². The molecule has 0 aliphatic rings. The number of unbranched alkanes of at least 4 members (excludes halogenated alkanes) is 1. The molecule has 0 spiro atoms. The SMILES string of the molecule is CCCCOC(=O)c1ccccc1NC(=O)/C(C#N)=C\Nc1cccc2c(O)cccc12. The number of aromatic hydroxyl groups is 1. The maximum atomic E-state index is 12.7. The molecule has 0 bridgehead atoms. The van der Waals surface area contributed by atoms with E-state index < -0.39 is 11.9 Å². The first kappa shape index (κ1) is 22.4. The average Bonchev–Trinajstić information content (AvgIpc) is 2.80. The van der Waals surface area contributed by atoms with Crippen molar-refractivity contribution in [3.05, 3.63) is 78.0 Å². The Labute approximate surface area is 185 Å². The summed E-state index contributed by atoms with van der Waals surface area (Å²) in [6.45, 7) is 2.29. The van der Waals surface area contributed by atoms with E-state index in [1.165, 1.54) is 6.20 Å².